The Morgan fingerprint density at radius 1 is 1.38 bits per heavy atom. The Morgan fingerprint density at radius 2 is 2.15 bits per heavy atom. The van der Waals surface area contributed by atoms with E-state index in [9.17, 15) is 0 Å². The van der Waals surface area contributed by atoms with Gasteiger partial charge in [-0.05, 0) is 25.0 Å². The van der Waals surface area contributed by atoms with Gasteiger partial charge in [0.25, 0.3) is 0 Å². The Bertz CT molecular complexity index is 634. The van der Waals surface area contributed by atoms with Gasteiger partial charge in [-0.1, -0.05) is 19.9 Å². The van der Waals surface area contributed by atoms with Crippen molar-refractivity contribution < 1.29 is 4.74 Å². The van der Waals surface area contributed by atoms with E-state index in [0.29, 0.717) is 24.6 Å². The summed E-state index contributed by atoms with van der Waals surface area (Å²) in [5.41, 5.74) is 1.13. The predicted octanol–water partition coefficient (Wildman–Crippen LogP) is 2.63. The average Bonchev–Trinajstić information content (AvgIpc) is 2.62. The van der Waals surface area contributed by atoms with Gasteiger partial charge >= 0.3 is 0 Å². The maximum atomic E-state index is 5.99. The standard InChI is InChI=1S/C19H31N5O.HI/c1-19(2)16(14-9-7-11-25-17(14)19)23-18(20-3)21-12-13-8-6-10-15(22-13)24(4)5;/h6,8,10,14,16-17H,7,9,11-12H2,1-5H3,(H2,20,21,23);1H. The van der Waals surface area contributed by atoms with Crippen LogP contribution in [0, 0.1) is 11.3 Å². The van der Waals surface area contributed by atoms with Crippen LogP contribution in [0.25, 0.3) is 0 Å². The second-order valence-electron chi connectivity index (χ2n) is 7.85. The molecule has 1 aromatic rings. The lowest BCUT2D eigenvalue weighted by Gasteiger charge is -2.60. The van der Waals surface area contributed by atoms with Crippen LogP contribution in [0.5, 0.6) is 0 Å². The number of nitrogens with one attached hydrogen (secondary N) is 2. The van der Waals surface area contributed by atoms with Gasteiger partial charge in [-0.25, -0.2) is 4.98 Å². The van der Waals surface area contributed by atoms with Gasteiger partial charge in [-0.2, -0.15) is 0 Å². The molecule has 0 bridgehead atoms. The normalized spacial score (nSPS) is 26.8. The smallest absolute Gasteiger partial charge is 0.191 e. The summed E-state index contributed by atoms with van der Waals surface area (Å²) in [5.74, 6) is 2.38. The van der Waals surface area contributed by atoms with Crippen LogP contribution in [-0.2, 0) is 11.3 Å². The summed E-state index contributed by atoms with van der Waals surface area (Å²) in [5, 5.41) is 7.02. The quantitative estimate of drug-likeness (QED) is 0.400. The van der Waals surface area contributed by atoms with Gasteiger partial charge in [0.15, 0.2) is 5.96 Å². The molecule has 146 valence electrons. The number of nitrogens with zero attached hydrogens (tertiary/aromatic N) is 3. The minimum absolute atomic E-state index is 0. The molecule has 3 atom stereocenters. The minimum Gasteiger partial charge on any atom is -0.377 e. The van der Waals surface area contributed by atoms with E-state index in [4.69, 9.17) is 4.74 Å². The lowest BCUT2D eigenvalue weighted by atomic mass is 9.55. The van der Waals surface area contributed by atoms with Crippen LogP contribution < -0.4 is 15.5 Å². The van der Waals surface area contributed by atoms with Crippen molar-refractivity contribution in [1.29, 1.82) is 0 Å². The number of ether oxygens (including phenoxy) is 1. The first-order valence-electron chi connectivity index (χ1n) is 9.15. The Kier molecular flexibility index (Phi) is 7.12. The molecule has 1 aliphatic heterocycles. The van der Waals surface area contributed by atoms with Crippen molar-refractivity contribution in [3.05, 3.63) is 23.9 Å². The second-order valence-corrected chi connectivity index (χ2v) is 7.85. The predicted molar refractivity (Wildman–Crippen MR) is 117 cm³/mol. The lowest BCUT2D eigenvalue weighted by Crippen LogP contribution is -2.71. The fraction of sp³-hybridized carbons (Fsp3) is 0.684. The number of anilines is 1. The average molecular weight is 473 g/mol. The van der Waals surface area contributed by atoms with Crippen LogP contribution in [0.3, 0.4) is 0 Å². The Hall–Kier alpha value is -1.09. The number of hydrogen-bond acceptors (Lipinski definition) is 4. The summed E-state index contributed by atoms with van der Waals surface area (Å²) in [4.78, 5) is 11.1. The molecule has 1 saturated heterocycles. The zero-order valence-electron chi connectivity index (χ0n) is 16.5. The molecule has 0 spiro atoms. The highest BCUT2D eigenvalue weighted by Gasteiger charge is 2.58. The number of guanidine groups is 1. The van der Waals surface area contributed by atoms with Gasteiger partial charge in [0.05, 0.1) is 18.3 Å². The van der Waals surface area contributed by atoms with Crippen LogP contribution in [0.15, 0.2) is 23.2 Å². The van der Waals surface area contributed by atoms with E-state index in [1.807, 2.05) is 44.2 Å². The van der Waals surface area contributed by atoms with Gasteiger partial charge in [0, 0.05) is 45.1 Å². The van der Waals surface area contributed by atoms with E-state index in [0.717, 1.165) is 30.5 Å². The number of pyridine rings is 1. The number of rotatable bonds is 4. The van der Waals surface area contributed by atoms with Crippen molar-refractivity contribution in [3.63, 3.8) is 0 Å². The van der Waals surface area contributed by atoms with E-state index in [1.165, 1.54) is 6.42 Å². The van der Waals surface area contributed by atoms with E-state index in [-0.39, 0.29) is 29.4 Å². The van der Waals surface area contributed by atoms with Crippen LogP contribution in [0.1, 0.15) is 32.4 Å². The molecule has 6 nitrogen and oxygen atoms in total. The SMILES string of the molecule is CN=C(NCc1cccc(N(C)C)n1)NC1C2CCCOC2C1(C)C.I. The highest BCUT2D eigenvalue weighted by Crippen LogP contribution is 2.51. The van der Waals surface area contributed by atoms with Gasteiger partial charge in [0.2, 0.25) is 0 Å². The number of aliphatic imine (C=N–C) groups is 1. The Balaban J connectivity index is 0.00000243. The number of fused-ring (bicyclic) bond motifs is 1. The third-order valence-electron chi connectivity index (χ3n) is 5.53. The second kappa shape index (κ2) is 8.73. The van der Waals surface area contributed by atoms with Crippen LogP contribution in [-0.4, -0.2) is 50.8 Å². The van der Waals surface area contributed by atoms with E-state index >= 15 is 0 Å². The number of hydrogen-bond donors (Lipinski definition) is 2. The van der Waals surface area contributed by atoms with Gasteiger partial charge in [-0.3, -0.25) is 4.99 Å². The molecular formula is C19H32IN5O. The Labute approximate surface area is 174 Å². The molecule has 1 aliphatic carbocycles. The first-order valence-corrected chi connectivity index (χ1v) is 9.15. The molecule has 3 unspecified atom stereocenters. The molecule has 0 aromatic carbocycles. The highest BCUT2D eigenvalue weighted by molar-refractivity contribution is 14.0. The fourth-order valence-corrected chi connectivity index (χ4v) is 4.15. The third kappa shape index (κ3) is 4.24. The molecule has 2 aliphatic rings. The molecule has 1 saturated carbocycles. The molecule has 0 radical (unpaired) electrons. The molecule has 2 heterocycles. The molecule has 2 fully saturated rings. The monoisotopic (exact) mass is 473 g/mol. The fourth-order valence-electron chi connectivity index (χ4n) is 4.15. The van der Waals surface area contributed by atoms with E-state index in [1.54, 1.807) is 0 Å². The van der Waals surface area contributed by atoms with Gasteiger partial charge in [-0.15, -0.1) is 24.0 Å². The highest BCUT2D eigenvalue weighted by atomic mass is 127. The van der Waals surface area contributed by atoms with Crippen LogP contribution in [0.2, 0.25) is 0 Å². The molecule has 2 N–H and O–H groups in total. The van der Waals surface area contributed by atoms with E-state index in [2.05, 4.69) is 34.5 Å². The summed E-state index contributed by atoms with van der Waals surface area (Å²) < 4.78 is 5.99. The maximum Gasteiger partial charge on any atom is 0.191 e. The van der Waals surface area contributed by atoms with Crippen LogP contribution >= 0.6 is 24.0 Å². The minimum atomic E-state index is 0. The largest absolute Gasteiger partial charge is 0.377 e. The summed E-state index contributed by atoms with van der Waals surface area (Å²) in [7, 11) is 5.82. The number of aromatic nitrogens is 1. The van der Waals surface area contributed by atoms with Gasteiger partial charge in [0.1, 0.15) is 5.82 Å². The number of halogens is 1. The van der Waals surface area contributed by atoms with Crippen molar-refractivity contribution in [3.8, 4) is 0 Å². The zero-order chi connectivity index (χ0) is 18.0. The van der Waals surface area contributed by atoms with Gasteiger partial charge < -0.3 is 20.3 Å². The van der Waals surface area contributed by atoms with Crippen molar-refractivity contribution in [2.24, 2.45) is 16.3 Å². The first kappa shape index (κ1) is 21.2. The van der Waals surface area contributed by atoms with Crippen molar-refractivity contribution in [1.82, 2.24) is 15.6 Å². The molecule has 3 rings (SSSR count). The molecule has 1 aromatic heterocycles. The molecule has 26 heavy (non-hydrogen) atoms. The lowest BCUT2D eigenvalue weighted by molar-refractivity contribution is -0.188. The molecule has 7 heteroatoms. The zero-order valence-corrected chi connectivity index (χ0v) is 18.8. The summed E-state index contributed by atoms with van der Waals surface area (Å²) >= 11 is 0. The Morgan fingerprint density at radius 3 is 2.85 bits per heavy atom. The van der Waals surface area contributed by atoms with Crippen molar-refractivity contribution >= 4 is 35.8 Å². The molecule has 0 amide bonds. The van der Waals surface area contributed by atoms with E-state index < -0.39 is 0 Å². The summed E-state index contributed by atoms with van der Waals surface area (Å²) in [6.07, 6.45) is 2.76. The van der Waals surface area contributed by atoms with Crippen LogP contribution in [0.4, 0.5) is 5.82 Å². The van der Waals surface area contributed by atoms with Crippen molar-refractivity contribution in [2.45, 2.75) is 45.4 Å². The summed E-state index contributed by atoms with van der Waals surface area (Å²) in [6, 6.07) is 6.47. The topological polar surface area (TPSA) is 61.8 Å². The summed E-state index contributed by atoms with van der Waals surface area (Å²) in [6.45, 7) is 6.12. The molecular weight excluding hydrogens is 441 g/mol. The first-order chi connectivity index (χ1) is 11.9. The maximum absolute atomic E-state index is 5.99. The van der Waals surface area contributed by atoms with Crippen molar-refractivity contribution in [2.75, 3.05) is 32.6 Å². The third-order valence-corrected chi connectivity index (χ3v) is 5.53.